The quantitative estimate of drug-likeness (QED) is 0.863. The second-order valence-corrected chi connectivity index (χ2v) is 4.87. The van der Waals surface area contributed by atoms with Gasteiger partial charge in [-0.3, -0.25) is 0 Å². The van der Waals surface area contributed by atoms with Crippen LogP contribution < -0.4 is 5.32 Å². The van der Waals surface area contributed by atoms with Gasteiger partial charge in [0.1, 0.15) is 0 Å². The zero-order valence-electron chi connectivity index (χ0n) is 9.71. The van der Waals surface area contributed by atoms with Gasteiger partial charge in [-0.15, -0.1) is 0 Å². The van der Waals surface area contributed by atoms with Crippen LogP contribution in [0.1, 0.15) is 24.2 Å². The van der Waals surface area contributed by atoms with Crippen LogP contribution in [-0.2, 0) is 4.74 Å². The number of carbonyl (C=O) groups is 1. The zero-order valence-corrected chi connectivity index (χ0v) is 11.3. The van der Waals surface area contributed by atoms with Crippen LogP contribution in [0.15, 0.2) is 22.7 Å². The standard InChI is InChI=1S/C12H16BrNO2/c1-8(2)7-14-11-5-4-9(13)6-10(11)12(15)16-3/h4-6,8,14H,7H2,1-3H3. The summed E-state index contributed by atoms with van der Waals surface area (Å²) in [7, 11) is 1.38. The first-order valence-electron chi connectivity index (χ1n) is 5.16. The van der Waals surface area contributed by atoms with Crippen molar-refractivity contribution < 1.29 is 9.53 Å². The second kappa shape index (κ2) is 5.89. The highest BCUT2D eigenvalue weighted by Gasteiger charge is 2.12. The highest BCUT2D eigenvalue weighted by molar-refractivity contribution is 9.10. The number of hydrogen-bond acceptors (Lipinski definition) is 3. The Morgan fingerprint density at radius 2 is 2.19 bits per heavy atom. The summed E-state index contributed by atoms with van der Waals surface area (Å²) < 4.78 is 5.60. The van der Waals surface area contributed by atoms with Gasteiger partial charge in [0.25, 0.3) is 0 Å². The number of esters is 1. The van der Waals surface area contributed by atoms with Crippen molar-refractivity contribution >= 4 is 27.6 Å². The second-order valence-electron chi connectivity index (χ2n) is 3.96. The fourth-order valence-electron chi connectivity index (χ4n) is 1.26. The molecule has 1 N–H and O–H groups in total. The lowest BCUT2D eigenvalue weighted by Gasteiger charge is -2.12. The van der Waals surface area contributed by atoms with Crippen LogP contribution >= 0.6 is 15.9 Å². The highest BCUT2D eigenvalue weighted by Crippen LogP contribution is 2.22. The molecule has 3 nitrogen and oxygen atoms in total. The van der Waals surface area contributed by atoms with Crippen molar-refractivity contribution in [2.75, 3.05) is 19.0 Å². The van der Waals surface area contributed by atoms with E-state index in [1.54, 1.807) is 6.07 Å². The first-order chi connectivity index (χ1) is 7.54. The molecule has 0 saturated heterocycles. The molecule has 0 bridgehead atoms. The van der Waals surface area contributed by atoms with Crippen LogP contribution in [0.25, 0.3) is 0 Å². The minimum atomic E-state index is -0.326. The summed E-state index contributed by atoms with van der Waals surface area (Å²) in [4.78, 5) is 11.5. The fourth-order valence-corrected chi connectivity index (χ4v) is 1.62. The van der Waals surface area contributed by atoms with Crippen LogP contribution in [0.2, 0.25) is 0 Å². The summed E-state index contributed by atoms with van der Waals surface area (Å²) in [5.41, 5.74) is 1.36. The average Bonchev–Trinajstić information content (AvgIpc) is 2.26. The molecule has 1 aromatic carbocycles. The van der Waals surface area contributed by atoms with Crippen molar-refractivity contribution in [3.8, 4) is 0 Å². The van der Waals surface area contributed by atoms with Crippen LogP contribution in [-0.4, -0.2) is 19.6 Å². The van der Waals surface area contributed by atoms with Crippen molar-refractivity contribution in [2.24, 2.45) is 5.92 Å². The van der Waals surface area contributed by atoms with Crippen molar-refractivity contribution in [1.82, 2.24) is 0 Å². The molecule has 88 valence electrons. The van der Waals surface area contributed by atoms with E-state index in [-0.39, 0.29) is 5.97 Å². The minimum Gasteiger partial charge on any atom is -0.465 e. The molecule has 0 atom stereocenters. The Balaban J connectivity index is 2.93. The molecule has 0 aliphatic rings. The molecular formula is C12H16BrNO2. The normalized spacial score (nSPS) is 10.3. The Morgan fingerprint density at radius 3 is 2.75 bits per heavy atom. The number of anilines is 1. The lowest BCUT2D eigenvalue weighted by Crippen LogP contribution is -2.12. The molecule has 4 heteroatoms. The van der Waals surface area contributed by atoms with E-state index in [0.29, 0.717) is 11.5 Å². The van der Waals surface area contributed by atoms with Gasteiger partial charge in [-0.2, -0.15) is 0 Å². The number of halogens is 1. The Hall–Kier alpha value is -1.03. The zero-order chi connectivity index (χ0) is 12.1. The molecule has 1 aromatic rings. The van der Waals surface area contributed by atoms with Gasteiger partial charge in [-0.05, 0) is 24.1 Å². The molecule has 0 saturated carbocycles. The molecule has 0 heterocycles. The van der Waals surface area contributed by atoms with E-state index in [1.165, 1.54) is 7.11 Å². The van der Waals surface area contributed by atoms with Crippen LogP contribution in [0, 0.1) is 5.92 Å². The third kappa shape index (κ3) is 3.52. The van der Waals surface area contributed by atoms with Crippen molar-refractivity contribution in [3.05, 3.63) is 28.2 Å². The summed E-state index contributed by atoms with van der Waals surface area (Å²) in [5.74, 6) is 0.196. The predicted octanol–water partition coefficient (Wildman–Crippen LogP) is 3.30. The SMILES string of the molecule is COC(=O)c1cc(Br)ccc1NCC(C)C. The summed E-state index contributed by atoms with van der Waals surface area (Å²) in [6, 6.07) is 5.53. The minimum absolute atomic E-state index is 0.326. The van der Waals surface area contributed by atoms with Gasteiger partial charge in [-0.1, -0.05) is 29.8 Å². The Kier molecular flexibility index (Phi) is 4.80. The number of ether oxygens (including phenoxy) is 1. The fraction of sp³-hybridized carbons (Fsp3) is 0.417. The molecular weight excluding hydrogens is 270 g/mol. The summed E-state index contributed by atoms with van der Waals surface area (Å²) >= 11 is 3.34. The van der Waals surface area contributed by atoms with E-state index in [0.717, 1.165) is 16.7 Å². The smallest absolute Gasteiger partial charge is 0.340 e. The van der Waals surface area contributed by atoms with Gasteiger partial charge in [0, 0.05) is 16.7 Å². The lowest BCUT2D eigenvalue weighted by atomic mass is 10.1. The molecule has 1 rings (SSSR count). The molecule has 0 spiro atoms. The third-order valence-electron chi connectivity index (χ3n) is 2.09. The summed E-state index contributed by atoms with van der Waals surface area (Å²) in [5, 5.41) is 3.23. The summed E-state index contributed by atoms with van der Waals surface area (Å²) in [6.07, 6.45) is 0. The van der Waals surface area contributed by atoms with Gasteiger partial charge < -0.3 is 10.1 Å². The topological polar surface area (TPSA) is 38.3 Å². The van der Waals surface area contributed by atoms with E-state index >= 15 is 0 Å². The molecule has 0 fully saturated rings. The Bertz CT molecular complexity index is 377. The maximum Gasteiger partial charge on any atom is 0.340 e. The van der Waals surface area contributed by atoms with Gasteiger partial charge in [0.2, 0.25) is 0 Å². The molecule has 0 radical (unpaired) electrons. The molecule has 0 amide bonds. The van der Waals surface area contributed by atoms with Gasteiger partial charge in [-0.25, -0.2) is 4.79 Å². The maximum absolute atomic E-state index is 11.5. The molecule has 16 heavy (non-hydrogen) atoms. The first kappa shape index (κ1) is 13.0. The Morgan fingerprint density at radius 1 is 1.50 bits per heavy atom. The lowest BCUT2D eigenvalue weighted by molar-refractivity contribution is 0.0601. The van der Waals surface area contributed by atoms with E-state index in [4.69, 9.17) is 4.74 Å². The van der Waals surface area contributed by atoms with E-state index < -0.39 is 0 Å². The van der Waals surface area contributed by atoms with E-state index in [2.05, 4.69) is 35.1 Å². The third-order valence-corrected chi connectivity index (χ3v) is 2.58. The molecule has 0 aliphatic heterocycles. The van der Waals surface area contributed by atoms with E-state index in [9.17, 15) is 4.79 Å². The van der Waals surface area contributed by atoms with Crippen LogP contribution in [0.5, 0.6) is 0 Å². The number of nitrogens with one attached hydrogen (secondary N) is 1. The van der Waals surface area contributed by atoms with Gasteiger partial charge in [0.15, 0.2) is 0 Å². The van der Waals surface area contributed by atoms with E-state index in [1.807, 2.05) is 12.1 Å². The molecule has 0 aromatic heterocycles. The van der Waals surface area contributed by atoms with Crippen molar-refractivity contribution in [1.29, 1.82) is 0 Å². The van der Waals surface area contributed by atoms with Gasteiger partial charge in [0.05, 0.1) is 12.7 Å². The van der Waals surface area contributed by atoms with Crippen LogP contribution in [0.3, 0.4) is 0 Å². The number of carbonyl (C=O) groups excluding carboxylic acids is 1. The average molecular weight is 286 g/mol. The number of benzene rings is 1. The van der Waals surface area contributed by atoms with Crippen molar-refractivity contribution in [2.45, 2.75) is 13.8 Å². The Labute approximate surface area is 104 Å². The number of hydrogen-bond donors (Lipinski definition) is 1. The largest absolute Gasteiger partial charge is 0.465 e. The van der Waals surface area contributed by atoms with Gasteiger partial charge >= 0.3 is 5.97 Å². The number of rotatable bonds is 4. The summed E-state index contributed by atoms with van der Waals surface area (Å²) in [6.45, 7) is 5.05. The van der Waals surface area contributed by atoms with Crippen LogP contribution in [0.4, 0.5) is 5.69 Å². The monoisotopic (exact) mass is 285 g/mol. The number of methoxy groups -OCH3 is 1. The molecule has 0 aliphatic carbocycles. The maximum atomic E-state index is 11.5. The highest BCUT2D eigenvalue weighted by atomic mass is 79.9. The molecule has 0 unspecified atom stereocenters. The first-order valence-corrected chi connectivity index (χ1v) is 5.95. The predicted molar refractivity (Wildman–Crippen MR) is 68.8 cm³/mol. The van der Waals surface area contributed by atoms with Crippen molar-refractivity contribution in [3.63, 3.8) is 0 Å².